The number of carbonyl (C=O) groups excluding carboxylic acids is 2. The van der Waals surface area contributed by atoms with Gasteiger partial charge in [0, 0.05) is 29.8 Å². The van der Waals surface area contributed by atoms with Gasteiger partial charge in [-0.3, -0.25) is 14.4 Å². The van der Waals surface area contributed by atoms with E-state index in [9.17, 15) is 24.6 Å². The number of hydrogen-bond acceptors (Lipinski definition) is 6. The maximum absolute atomic E-state index is 14.0. The molecule has 6 aliphatic rings. The van der Waals surface area contributed by atoms with Crippen LogP contribution in [0.3, 0.4) is 0 Å². The van der Waals surface area contributed by atoms with Crippen LogP contribution in [-0.2, 0) is 19.1 Å². The highest BCUT2D eigenvalue weighted by atomic mass is 16.5. The number of nitrogens with one attached hydrogen (secondary N) is 1. The summed E-state index contributed by atoms with van der Waals surface area (Å²) in [4.78, 5) is 38.8. The van der Waals surface area contributed by atoms with Crippen molar-refractivity contribution in [2.45, 2.75) is 170 Å². The van der Waals surface area contributed by atoms with Crippen LogP contribution >= 0.6 is 0 Å². The lowest BCUT2D eigenvalue weighted by Crippen LogP contribution is -2.66. The molecule has 0 aromatic carbocycles. The van der Waals surface area contributed by atoms with E-state index in [1.165, 1.54) is 31.3 Å². The Hall–Kier alpha value is -1.73. The van der Waals surface area contributed by atoms with Gasteiger partial charge in [0.05, 0.1) is 17.9 Å². The molecule has 0 radical (unpaired) electrons. The summed E-state index contributed by atoms with van der Waals surface area (Å²) >= 11 is 0. The van der Waals surface area contributed by atoms with Crippen molar-refractivity contribution >= 4 is 17.7 Å². The van der Waals surface area contributed by atoms with Crippen molar-refractivity contribution in [2.24, 2.45) is 56.2 Å². The summed E-state index contributed by atoms with van der Waals surface area (Å²) in [6, 6.07) is 0.485. The number of Topliss-reactive ketones (excluding diaryl/α,β-unsaturated/α-hetero) is 1. The van der Waals surface area contributed by atoms with Crippen LogP contribution in [0.1, 0.15) is 152 Å². The Bertz CT molecular complexity index is 1370. The number of ether oxygens (including phenoxy) is 1. The van der Waals surface area contributed by atoms with E-state index >= 15 is 0 Å². The summed E-state index contributed by atoms with van der Waals surface area (Å²) in [6.45, 7) is 20.3. The van der Waals surface area contributed by atoms with Gasteiger partial charge in [0.2, 0.25) is 0 Å². The lowest BCUT2D eigenvalue weighted by molar-refractivity contribution is -0.235. The molecular weight excluding hydrogens is 614 g/mol. The number of ketones is 1. The fourth-order valence-electron chi connectivity index (χ4n) is 13.5. The second-order valence-corrected chi connectivity index (χ2v) is 20.0. The van der Waals surface area contributed by atoms with E-state index in [2.05, 4.69) is 53.8 Å². The van der Waals surface area contributed by atoms with E-state index in [1.54, 1.807) is 13.8 Å². The first-order valence-electron chi connectivity index (χ1n) is 19.9. The molecule has 7 nitrogen and oxygen atoms in total. The Kier molecular flexibility index (Phi) is 9.41. The van der Waals surface area contributed by atoms with Crippen LogP contribution in [0.4, 0.5) is 0 Å². The van der Waals surface area contributed by atoms with Crippen molar-refractivity contribution in [2.75, 3.05) is 6.54 Å². The Morgan fingerprint density at radius 1 is 0.898 bits per heavy atom. The first-order valence-corrected chi connectivity index (χ1v) is 19.9. The van der Waals surface area contributed by atoms with Crippen molar-refractivity contribution in [1.29, 1.82) is 0 Å². The number of hydrogen-bond donors (Lipinski definition) is 3. The van der Waals surface area contributed by atoms with Crippen molar-refractivity contribution < 1.29 is 29.3 Å². The molecule has 0 saturated heterocycles. The second kappa shape index (κ2) is 12.5. The molecule has 5 fully saturated rings. The fraction of sp³-hybridized carbons (Fsp3) is 0.881. The predicted molar refractivity (Wildman–Crippen MR) is 192 cm³/mol. The van der Waals surface area contributed by atoms with Crippen molar-refractivity contribution in [3.05, 3.63) is 11.1 Å². The molecule has 276 valence electrons. The van der Waals surface area contributed by atoms with Gasteiger partial charge in [-0.15, -0.1) is 0 Å². The smallest absolute Gasteiger partial charge is 0.309 e. The number of allylic oxidation sites excluding steroid dienone is 1. The third-order valence-corrected chi connectivity index (χ3v) is 16.5. The van der Waals surface area contributed by atoms with Gasteiger partial charge in [-0.2, -0.15) is 0 Å². The predicted octanol–water partition coefficient (Wildman–Crippen LogP) is 8.27. The SMILES string of the molecule is CC(C)C1=C2C3CCC4C5(C)CCC(OC(=O)CC(C)(C)C(=O)O)C(C)(C)C5CCC4(C)C3(C)CCC2(C(O)CNC2CCCC2)CC1=O. The molecule has 49 heavy (non-hydrogen) atoms. The maximum Gasteiger partial charge on any atom is 0.309 e. The average molecular weight is 682 g/mol. The number of carbonyl (C=O) groups is 3. The Balaban J connectivity index is 1.28. The molecule has 6 rings (SSSR count). The van der Waals surface area contributed by atoms with Gasteiger partial charge < -0.3 is 20.3 Å². The highest BCUT2D eigenvalue weighted by Gasteiger charge is 2.70. The normalized spacial score (nSPS) is 41.2. The van der Waals surface area contributed by atoms with Gasteiger partial charge in [-0.25, -0.2) is 0 Å². The van der Waals surface area contributed by atoms with Crippen LogP contribution in [0, 0.1) is 56.2 Å². The van der Waals surface area contributed by atoms with Crippen LogP contribution in [-0.4, -0.2) is 52.7 Å². The average Bonchev–Trinajstić information content (AvgIpc) is 3.63. The summed E-state index contributed by atoms with van der Waals surface area (Å²) in [7, 11) is 0. The first-order chi connectivity index (χ1) is 22.7. The van der Waals surface area contributed by atoms with E-state index in [-0.39, 0.29) is 45.9 Å². The van der Waals surface area contributed by atoms with Crippen molar-refractivity contribution in [1.82, 2.24) is 5.32 Å². The van der Waals surface area contributed by atoms with Crippen LogP contribution in [0.15, 0.2) is 11.1 Å². The minimum atomic E-state index is -1.15. The number of carboxylic acid groups (broad SMARTS) is 1. The summed E-state index contributed by atoms with van der Waals surface area (Å²) in [5, 5.41) is 25.4. The summed E-state index contributed by atoms with van der Waals surface area (Å²) < 4.78 is 6.16. The molecule has 0 bridgehead atoms. The lowest BCUT2D eigenvalue weighted by atomic mass is 9.33. The molecule has 7 heteroatoms. The largest absolute Gasteiger partial charge is 0.481 e. The van der Waals surface area contributed by atoms with Crippen LogP contribution in [0.5, 0.6) is 0 Å². The van der Waals surface area contributed by atoms with Crippen LogP contribution < -0.4 is 5.32 Å². The molecule has 0 aliphatic heterocycles. The molecule has 3 N–H and O–H groups in total. The number of aliphatic carboxylic acids is 1. The summed E-state index contributed by atoms with van der Waals surface area (Å²) in [6.07, 6.45) is 12.5. The number of fused-ring (bicyclic) bond motifs is 7. The maximum atomic E-state index is 14.0. The third-order valence-electron chi connectivity index (χ3n) is 16.5. The van der Waals surface area contributed by atoms with Gasteiger partial charge in [0.25, 0.3) is 0 Å². The summed E-state index contributed by atoms with van der Waals surface area (Å²) in [5.74, 6) is 0.248. The second-order valence-electron chi connectivity index (χ2n) is 20.0. The number of aliphatic hydroxyl groups excluding tert-OH is 1. The zero-order valence-electron chi connectivity index (χ0n) is 32.2. The molecule has 5 saturated carbocycles. The van der Waals surface area contributed by atoms with Gasteiger partial charge in [-0.1, -0.05) is 66.9 Å². The topological polar surface area (TPSA) is 113 Å². The van der Waals surface area contributed by atoms with E-state index in [0.29, 0.717) is 36.8 Å². The van der Waals surface area contributed by atoms with Crippen LogP contribution in [0.25, 0.3) is 0 Å². The molecule has 0 heterocycles. The third kappa shape index (κ3) is 5.60. The van der Waals surface area contributed by atoms with E-state index in [0.717, 1.165) is 56.9 Å². The molecule has 0 amide bonds. The number of carboxylic acids is 1. The quantitative estimate of drug-likeness (QED) is 0.210. The molecule has 9 unspecified atom stereocenters. The van der Waals surface area contributed by atoms with E-state index < -0.39 is 28.9 Å². The van der Waals surface area contributed by atoms with Gasteiger partial charge >= 0.3 is 11.9 Å². The molecule has 0 aromatic rings. The lowest BCUT2D eigenvalue weighted by Gasteiger charge is -2.72. The Morgan fingerprint density at radius 2 is 1.57 bits per heavy atom. The standard InChI is InChI=1S/C42H67NO6/c1-25(2)34-28(44)22-42(31(45)24-43-26-12-10-11-13-26)21-20-40(8)27(35(34)42)14-15-30-39(7)18-17-32(49-33(46)23-37(3,4)36(47)48)38(5,6)29(39)16-19-41(30,40)9/h25-27,29-32,43,45H,10-24H2,1-9H3,(H,47,48). The van der Waals surface area contributed by atoms with Gasteiger partial charge in [0.15, 0.2) is 5.78 Å². The Labute approximate surface area is 296 Å². The van der Waals surface area contributed by atoms with Crippen molar-refractivity contribution in [3.63, 3.8) is 0 Å². The number of rotatable bonds is 9. The minimum absolute atomic E-state index is 0.0297. The molecule has 9 atom stereocenters. The highest BCUT2D eigenvalue weighted by molar-refractivity contribution is 6.00. The van der Waals surface area contributed by atoms with E-state index in [1.807, 2.05) is 0 Å². The zero-order chi connectivity index (χ0) is 35.9. The molecule has 6 aliphatic carbocycles. The van der Waals surface area contributed by atoms with Gasteiger partial charge in [-0.05, 0) is 124 Å². The summed E-state index contributed by atoms with van der Waals surface area (Å²) in [5.41, 5.74) is 0.762. The van der Waals surface area contributed by atoms with E-state index in [4.69, 9.17) is 4.74 Å². The molecule has 0 spiro atoms. The van der Waals surface area contributed by atoms with Crippen molar-refractivity contribution in [3.8, 4) is 0 Å². The molecule has 0 aromatic heterocycles. The first kappa shape index (κ1) is 37.0. The monoisotopic (exact) mass is 681 g/mol. The number of esters is 1. The molecular formula is C42H67NO6. The number of aliphatic hydroxyl groups is 1. The highest BCUT2D eigenvalue weighted by Crippen LogP contribution is 2.77. The Morgan fingerprint density at radius 3 is 2.20 bits per heavy atom. The zero-order valence-corrected chi connectivity index (χ0v) is 32.2. The fourth-order valence-corrected chi connectivity index (χ4v) is 13.5. The van der Waals surface area contributed by atoms with Crippen LogP contribution in [0.2, 0.25) is 0 Å². The van der Waals surface area contributed by atoms with Gasteiger partial charge in [0.1, 0.15) is 6.10 Å². The minimum Gasteiger partial charge on any atom is -0.481 e.